The summed E-state index contributed by atoms with van der Waals surface area (Å²) in [5, 5.41) is 0.550. The van der Waals surface area contributed by atoms with Crippen LogP contribution in [0.2, 0.25) is 5.02 Å². The summed E-state index contributed by atoms with van der Waals surface area (Å²) in [5.74, 6) is 0.681. The zero-order valence-corrected chi connectivity index (χ0v) is 13.2. The van der Waals surface area contributed by atoms with Gasteiger partial charge in [0.05, 0.1) is 5.02 Å². The summed E-state index contributed by atoms with van der Waals surface area (Å²) in [6, 6.07) is 5.40. The minimum absolute atomic E-state index is 0.343. The quantitative estimate of drug-likeness (QED) is 0.836. The Morgan fingerprint density at radius 3 is 2.65 bits per heavy atom. The first-order chi connectivity index (χ1) is 9.56. The molecule has 0 saturated carbocycles. The first kappa shape index (κ1) is 15.5. The maximum atomic E-state index is 6.15. The minimum Gasteiger partial charge on any atom is -0.491 e. The number of piperazine rings is 1. The van der Waals surface area contributed by atoms with Gasteiger partial charge in [-0.2, -0.15) is 0 Å². The third kappa shape index (κ3) is 4.31. The molecule has 6 heteroatoms. The molecule has 1 aromatic carbocycles. The van der Waals surface area contributed by atoms with Crippen LogP contribution in [0.1, 0.15) is 5.56 Å². The van der Waals surface area contributed by atoms with Crippen molar-refractivity contribution in [3.63, 3.8) is 0 Å². The molecule has 4 nitrogen and oxygen atoms in total. The number of ether oxygens (including phenoxy) is 1. The largest absolute Gasteiger partial charge is 0.491 e. The molecule has 1 aliphatic heterocycles. The van der Waals surface area contributed by atoms with Gasteiger partial charge >= 0.3 is 0 Å². The number of thiocarbonyl (C=S) groups is 1. The fraction of sp³-hybridized carbons (Fsp3) is 0.500. The van der Waals surface area contributed by atoms with Gasteiger partial charge in [0.25, 0.3) is 0 Å². The molecule has 1 saturated heterocycles. The Morgan fingerprint density at radius 2 is 2.05 bits per heavy atom. The van der Waals surface area contributed by atoms with Crippen molar-refractivity contribution in [2.45, 2.75) is 0 Å². The topological polar surface area (TPSA) is 41.7 Å². The Hall–Kier alpha value is -0.880. The van der Waals surface area contributed by atoms with E-state index in [4.69, 9.17) is 34.3 Å². The van der Waals surface area contributed by atoms with Crippen molar-refractivity contribution in [1.82, 2.24) is 9.80 Å². The number of hydrogen-bond acceptors (Lipinski definition) is 4. The second kappa shape index (κ2) is 7.22. The Balaban J connectivity index is 1.81. The van der Waals surface area contributed by atoms with Crippen LogP contribution in [-0.4, -0.2) is 61.2 Å². The lowest BCUT2D eigenvalue weighted by Crippen LogP contribution is -2.45. The number of nitrogens with two attached hydrogens (primary N) is 1. The van der Waals surface area contributed by atoms with Gasteiger partial charge in [-0.05, 0) is 25.2 Å². The molecule has 2 N–H and O–H groups in total. The van der Waals surface area contributed by atoms with Gasteiger partial charge in [-0.1, -0.05) is 23.8 Å². The third-order valence-electron chi connectivity index (χ3n) is 3.48. The predicted octanol–water partition coefficient (Wildman–Crippen LogP) is 1.60. The van der Waals surface area contributed by atoms with E-state index >= 15 is 0 Å². The van der Waals surface area contributed by atoms with Gasteiger partial charge in [-0.25, -0.2) is 0 Å². The summed E-state index contributed by atoms with van der Waals surface area (Å²) in [5.41, 5.74) is 6.32. The van der Waals surface area contributed by atoms with E-state index < -0.39 is 0 Å². The molecule has 0 aliphatic carbocycles. The molecule has 20 heavy (non-hydrogen) atoms. The first-order valence-corrected chi connectivity index (χ1v) is 7.48. The van der Waals surface area contributed by atoms with Crippen molar-refractivity contribution in [3.05, 3.63) is 28.8 Å². The molecular formula is C14H20ClN3OS. The molecule has 0 bridgehead atoms. The normalized spacial score (nSPS) is 17.1. The van der Waals surface area contributed by atoms with Crippen molar-refractivity contribution in [3.8, 4) is 5.75 Å². The van der Waals surface area contributed by atoms with Crippen LogP contribution in [0.5, 0.6) is 5.75 Å². The average molecular weight is 314 g/mol. The van der Waals surface area contributed by atoms with Crippen LogP contribution in [0, 0.1) is 0 Å². The summed E-state index contributed by atoms with van der Waals surface area (Å²) in [7, 11) is 2.15. The molecule has 0 amide bonds. The van der Waals surface area contributed by atoms with Crippen molar-refractivity contribution < 1.29 is 4.74 Å². The van der Waals surface area contributed by atoms with Crippen LogP contribution < -0.4 is 10.5 Å². The Bertz CT molecular complexity index is 475. The molecular weight excluding hydrogens is 294 g/mol. The number of halogens is 1. The number of rotatable bonds is 5. The van der Waals surface area contributed by atoms with Gasteiger partial charge in [-0.3, -0.25) is 4.90 Å². The molecule has 0 radical (unpaired) electrons. The van der Waals surface area contributed by atoms with Gasteiger partial charge in [0.2, 0.25) is 0 Å². The fourth-order valence-corrected chi connectivity index (χ4v) is 2.49. The highest BCUT2D eigenvalue weighted by Gasteiger charge is 2.13. The van der Waals surface area contributed by atoms with Crippen LogP contribution in [0.25, 0.3) is 0 Å². The number of likely N-dealkylation sites (N-methyl/N-ethyl adjacent to an activating group) is 1. The number of nitrogens with zero attached hydrogens (tertiary/aromatic N) is 2. The maximum Gasteiger partial charge on any atom is 0.137 e. The van der Waals surface area contributed by atoms with Crippen LogP contribution in [0.15, 0.2) is 18.2 Å². The van der Waals surface area contributed by atoms with Crippen LogP contribution in [0.4, 0.5) is 0 Å². The number of benzene rings is 1. The molecule has 1 heterocycles. The Morgan fingerprint density at radius 1 is 1.35 bits per heavy atom. The summed E-state index contributed by atoms with van der Waals surface area (Å²) in [4.78, 5) is 5.08. The van der Waals surface area contributed by atoms with Gasteiger partial charge in [0.15, 0.2) is 0 Å². The van der Waals surface area contributed by atoms with E-state index in [9.17, 15) is 0 Å². The van der Waals surface area contributed by atoms with Crippen molar-refractivity contribution >= 4 is 28.8 Å². The zero-order valence-electron chi connectivity index (χ0n) is 11.6. The van der Waals surface area contributed by atoms with E-state index in [2.05, 4.69) is 16.8 Å². The monoisotopic (exact) mass is 313 g/mol. The van der Waals surface area contributed by atoms with E-state index in [1.165, 1.54) is 0 Å². The van der Waals surface area contributed by atoms with Crippen LogP contribution in [-0.2, 0) is 0 Å². The van der Waals surface area contributed by atoms with Gasteiger partial charge < -0.3 is 15.4 Å². The average Bonchev–Trinajstić information content (AvgIpc) is 2.42. The van der Waals surface area contributed by atoms with Crippen molar-refractivity contribution in [2.24, 2.45) is 5.73 Å². The smallest absolute Gasteiger partial charge is 0.137 e. The van der Waals surface area contributed by atoms with Crippen LogP contribution >= 0.6 is 23.8 Å². The third-order valence-corrected chi connectivity index (χ3v) is 4.01. The molecule has 0 spiro atoms. The minimum atomic E-state index is 0.343. The van der Waals surface area contributed by atoms with Gasteiger partial charge in [0.1, 0.15) is 17.3 Å². The van der Waals surface area contributed by atoms with Gasteiger partial charge in [0, 0.05) is 38.3 Å². The van der Waals surface area contributed by atoms with Crippen molar-refractivity contribution in [2.75, 3.05) is 46.4 Å². The second-order valence-electron chi connectivity index (χ2n) is 5.00. The Labute approximate surface area is 130 Å². The standard InChI is InChI=1S/C14H20ClN3OS/c1-17-4-6-18(7-5-17)8-9-19-13-3-2-11(14(16)20)10-12(13)15/h2-3,10H,4-9H2,1H3,(H2,16,20). The summed E-state index contributed by atoms with van der Waals surface area (Å²) in [6.45, 7) is 5.96. The highest BCUT2D eigenvalue weighted by atomic mass is 35.5. The maximum absolute atomic E-state index is 6.15. The molecule has 0 unspecified atom stereocenters. The number of hydrogen-bond donors (Lipinski definition) is 1. The van der Waals surface area contributed by atoms with E-state index in [0.29, 0.717) is 22.4 Å². The van der Waals surface area contributed by atoms with E-state index in [-0.39, 0.29) is 0 Å². The molecule has 2 rings (SSSR count). The van der Waals surface area contributed by atoms with E-state index in [0.717, 1.165) is 38.3 Å². The molecule has 110 valence electrons. The highest BCUT2D eigenvalue weighted by Crippen LogP contribution is 2.25. The molecule has 1 aromatic rings. The lowest BCUT2D eigenvalue weighted by Gasteiger charge is -2.32. The Kier molecular flexibility index (Phi) is 5.60. The first-order valence-electron chi connectivity index (χ1n) is 6.69. The molecule has 1 aliphatic rings. The lowest BCUT2D eigenvalue weighted by molar-refractivity contribution is 0.134. The summed E-state index contributed by atoms with van der Waals surface area (Å²) >= 11 is 11.1. The van der Waals surface area contributed by atoms with Crippen molar-refractivity contribution in [1.29, 1.82) is 0 Å². The van der Waals surface area contributed by atoms with Crippen LogP contribution in [0.3, 0.4) is 0 Å². The highest BCUT2D eigenvalue weighted by molar-refractivity contribution is 7.80. The van der Waals surface area contributed by atoms with Gasteiger partial charge in [-0.15, -0.1) is 0 Å². The molecule has 0 atom stereocenters. The molecule has 1 fully saturated rings. The summed E-state index contributed by atoms with van der Waals surface area (Å²) < 4.78 is 5.73. The van der Waals surface area contributed by atoms with E-state index in [1.54, 1.807) is 6.07 Å². The zero-order chi connectivity index (χ0) is 14.5. The molecule has 0 aromatic heterocycles. The van der Waals surface area contributed by atoms with E-state index in [1.807, 2.05) is 12.1 Å². The summed E-state index contributed by atoms with van der Waals surface area (Å²) in [6.07, 6.45) is 0. The predicted molar refractivity (Wildman–Crippen MR) is 86.8 cm³/mol. The lowest BCUT2D eigenvalue weighted by atomic mass is 10.2. The second-order valence-corrected chi connectivity index (χ2v) is 5.85. The SMILES string of the molecule is CN1CCN(CCOc2ccc(C(N)=S)cc2Cl)CC1. The fourth-order valence-electron chi connectivity index (χ4n) is 2.13.